The van der Waals surface area contributed by atoms with Gasteiger partial charge in [-0.3, -0.25) is 0 Å². The average molecular weight is 228 g/mol. The molecule has 0 amide bonds. The first kappa shape index (κ1) is 10.0. The van der Waals surface area contributed by atoms with E-state index < -0.39 is 0 Å². The summed E-state index contributed by atoms with van der Waals surface area (Å²) in [6.45, 7) is 1.85. The Kier molecular flexibility index (Phi) is 2.19. The summed E-state index contributed by atoms with van der Waals surface area (Å²) >= 11 is 0. The van der Waals surface area contributed by atoms with E-state index in [9.17, 15) is 0 Å². The fourth-order valence-corrected chi connectivity index (χ4v) is 1.89. The molecule has 5 heteroatoms. The van der Waals surface area contributed by atoms with Gasteiger partial charge in [-0.15, -0.1) is 0 Å². The van der Waals surface area contributed by atoms with Gasteiger partial charge < -0.3 is 15.1 Å². The molecule has 3 rings (SSSR count). The number of nitrogens with one attached hydrogen (secondary N) is 2. The maximum absolute atomic E-state index is 8.96. The van der Waals surface area contributed by atoms with Crippen molar-refractivity contribution >= 4 is 11.0 Å². The van der Waals surface area contributed by atoms with Gasteiger partial charge in [0, 0.05) is 5.56 Å². The number of aromatic amines is 2. The van der Waals surface area contributed by atoms with E-state index in [0.717, 1.165) is 28.1 Å². The van der Waals surface area contributed by atoms with Gasteiger partial charge in [-0.25, -0.2) is 9.97 Å². The second kappa shape index (κ2) is 3.71. The first-order chi connectivity index (χ1) is 8.26. The molecule has 0 radical (unpaired) electrons. The summed E-state index contributed by atoms with van der Waals surface area (Å²) in [5, 5.41) is 8.96. The lowest BCUT2D eigenvalue weighted by Crippen LogP contribution is -1.85. The van der Waals surface area contributed by atoms with Gasteiger partial charge in [0.05, 0.1) is 22.9 Å². The molecule has 3 N–H and O–H groups in total. The Labute approximate surface area is 97.6 Å². The third-order valence-corrected chi connectivity index (χ3v) is 2.69. The molecule has 2 aromatic heterocycles. The zero-order valence-corrected chi connectivity index (χ0v) is 9.36. The maximum Gasteiger partial charge on any atom is 0.132 e. The predicted molar refractivity (Wildman–Crippen MR) is 64.3 cm³/mol. The molecule has 0 aliphatic rings. The molecule has 17 heavy (non-hydrogen) atoms. The third-order valence-electron chi connectivity index (χ3n) is 2.69. The molecule has 0 saturated heterocycles. The van der Waals surface area contributed by atoms with Crippen molar-refractivity contribution in [3.8, 4) is 11.3 Å². The Bertz CT molecular complexity index is 668. The fourth-order valence-electron chi connectivity index (χ4n) is 1.89. The fraction of sp³-hybridized carbons (Fsp3) is 0.167. The lowest BCUT2D eigenvalue weighted by molar-refractivity contribution is 0.272. The number of rotatable bonds is 2. The molecule has 5 nitrogen and oxygen atoms in total. The van der Waals surface area contributed by atoms with E-state index >= 15 is 0 Å². The maximum atomic E-state index is 8.96. The van der Waals surface area contributed by atoms with Crippen LogP contribution in [0.5, 0.6) is 0 Å². The Hall–Kier alpha value is -2.14. The Morgan fingerprint density at radius 1 is 1.29 bits per heavy atom. The van der Waals surface area contributed by atoms with Gasteiger partial charge >= 0.3 is 0 Å². The predicted octanol–water partition coefficient (Wildman–Crippen LogP) is 1.75. The van der Waals surface area contributed by atoms with Crippen molar-refractivity contribution in [1.82, 2.24) is 19.9 Å². The van der Waals surface area contributed by atoms with Crippen LogP contribution in [0.3, 0.4) is 0 Å². The highest BCUT2D eigenvalue weighted by Crippen LogP contribution is 2.21. The Morgan fingerprint density at radius 2 is 2.18 bits per heavy atom. The van der Waals surface area contributed by atoms with E-state index in [4.69, 9.17) is 5.11 Å². The lowest BCUT2D eigenvalue weighted by atomic mass is 10.1. The van der Waals surface area contributed by atoms with Crippen molar-refractivity contribution in [2.24, 2.45) is 0 Å². The van der Waals surface area contributed by atoms with Gasteiger partial charge in [-0.05, 0) is 19.1 Å². The molecule has 0 aliphatic carbocycles. The normalized spacial score (nSPS) is 11.2. The molecular formula is C12H12N4O. The van der Waals surface area contributed by atoms with Crippen molar-refractivity contribution in [2.45, 2.75) is 13.5 Å². The van der Waals surface area contributed by atoms with Gasteiger partial charge in [-0.1, -0.05) is 6.07 Å². The van der Waals surface area contributed by atoms with Gasteiger partial charge in [0.1, 0.15) is 18.3 Å². The molecule has 1 aromatic carbocycles. The van der Waals surface area contributed by atoms with Crippen LogP contribution in [-0.2, 0) is 6.61 Å². The third kappa shape index (κ3) is 1.70. The molecule has 0 bridgehead atoms. The highest BCUT2D eigenvalue weighted by Gasteiger charge is 2.05. The van der Waals surface area contributed by atoms with Crippen LogP contribution in [0.25, 0.3) is 22.3 Å². The van der Waals surface area contributed by atoms with Crippen LogP contribution in [0.4, 0.5) is 0 Å². The van der Waals surface area contributed by atoms with Crippen LogP contribution in [0.2, 0.25) is 0 Å². The minimum absolute atomic E-state index is 0.0780. The first-order valence-electron chi connectivity index (χ1n) is 5.38. The minimum Gasteiger partial charge on any atom is -0.388 e. The van der Waals surface area contributed by atoms with Crippen LogP contribution >= 0.6 is 0 Å². The van der Waals surface area contributed by atoms with E-state index in [2.05, 4.69) is 19.9 Å². The molecule has 0 fully saturated rings. The Balaban J connectivity index is 2.10. The van der Waals surface area contributed by atoms with Crippen molar-refractivity contribution in [2.75, 3.05) is 0 Å². The van der Waals surface area contributed by atoms with E-state index in [-0.39, 0.29) is 6.61 Å². The van der Waals surface area contributed by atoms with Crippen molar-refractivity contribution < 1.29 is 5.11 Å². The topological polar surface area (TPSA) is 77.6 Å². The molecular weight excluding hydrogens is 216 g/mol. The van der Waals surface area contributed by atoms with Gasteiger partial charge in [0.25, 0.3) is 0 Å². The second-order valence-electron chi connectivity index (χ2n) is 3.96. The zero-order chi connectivity index (χ0) is 11.8. The molecule has 0 spiro atoms. The quantitative estimate of drug-likeness (QED) is 0.625. The van der Waals surface area contributed by atoms with E-state index in [0.29, 0.717) is 5.82 Å². The van der Waals surface area contributed by atoms with E-state index in [1.165, 1.54) is 0 Å². The molecule has 3 aromatic rings. The van der Waals surface area contributed by atoms with Crippen molar-refractivity contribution in [3.05, 3.63) is 36.0 Å². The highest BCUT2D eigenvalue weighted by molar-refractivity contribution is 5.81. The van der Waals surface area contributed by atoms with Crippen LogP contribution in [0.15, 0.2) is 24.4 Å². The number of aryl methyl sites for hydroxylation is 1. The van der Waals surface area contributed by atoms with Crippen LogP contribution < -0.4 is 0 Å². The van der Waals surface area contributed by atoms with Gasteiger partial charge in [-0.2, -0.15) is 0 Å². The minimum atomic E-state index is -0.0780. The SMILES string of the molecule is Cc1nc2ccc(-c3cnc(CO)[nH]3)cc2[nH]1. The number of aliphatic hydroxyl groups is 1. The number of aliphatic hydroxyl groups excluding tert-OH is 1. The number of benzene rings is 1. The molecule has 0 atom stereocenters. The standard InChI is InChI=1S/C12H12N4O/c1-7-14-9-3-2-8(4-10(9)15-7)11-5-13-12(6-17)16-11/h2-5,17H,6H2,1H3,(H,13,16)(H,14,15). The lowest BCUT2D eigenvalue weighted by Gasteiger charge is -1.97. The first-order valence-corrected chi connectivity index (χ1v) is 5.38. The molecule has 0 saturated carbocycles. The summed E-state index contributed by atoms with van der Waals surface area (Å²) in [5.41, 5.74) is 3.87. The van der Waals surface area contributed by atoms with Crippen LogP contribution in [0.1, 0.15) is 11.6 Å². The van der Waals surface area contributed by atoms with Gasteiger partial charge in [0.2, 0.25) is 0 Å². The van der Waals surface area contributed by atoms with Crippen molar-refractivity contribution in [3.63, 3.8) is 0 Å². The number of hydrogen-bond acceptors (Lipinski definition) is 3. The molecule has 0 unspecified atom stereocenters. The number of hydrogen-bond donors (Lipinski definition) is 3. The molecule has 0 aliphatic heterocycles. The number of nitrogens with zero attached hydrogens (tertiary/aromatic N) is 2. The molecule has 86 valence electrons. The highest BCUT2D eigenvalue weighted by atomic mass is 16.3. The van der Waals surface area contributed by atoms with Crippen molar-refractivity contribution in [1.29, 1.82) is 0 Å². The van der Waals surface area contributed by atoms with Crippen LogP contribution in [0, 0.1) is 6.92 Å². The van der Waals surface area contributed by atoms with E-state index in [1.54, 1.807) is 6.20 Å². The number of H-pyrrole nitrogens is 2. The second-order valence-corrected chi connectivity index (χ2v) is 3.96. The summed E-state index contributed by atoms with van der Waals surface area (Å²) in [7, 11) is 0. The Morgan fingerprint density at radius 3 is 2.94 bits per heavy atom. The summed E-state index contributed by atoms with van der Waals surface area (Å²) < 4.78 is 0. The monoisotopic (exact) mass is 228 g/mol. The molecule has 2 heterocycles. The van der Waals surface area contributed by atoms with E-state index in [1.807, 2.05) is 25.1 Å². The smallest absolute Gasteiger partial charge is 0.132 e. The number of aromatic nitrogens is 4. The largest absolute Gasteiger partial charge is 0.388 e. The van der Waals surface area contributed by atoms with Crippen LogP contribution in [-0.4, -0.2) is 25.0 Å². The summed E-state index contributed by atoms with van der Waals surface area (Å²) in [5.74, 6) is 1.47. The number of fused-ring (bicyclic) bond motifs is 1. The van der Waals surface area contributed by atoms with Gasteiger partial charge in [0.15, 0.2) is 0 Å². The number of imidazole rings is 2. The summed E-state index contributed by atoms with van der Waals surface area (Å²) in [4.78, 5) is 14.7. The zero-order valence-electron chi connectivity index (χ0n) is 9.36. The average Bonchev–Trinajstić information content (AvgIpc) is 2.92. The summed E-state index contributed by atoms with van der Waals surface area (Å²) in [6, 6.07) is 5.97. The summed E-state index contributed by atoms with van der Waals surface area (Å²) in [6.07, 6.45) is 1.72.